The standard InChI is InChI=1S/C12H23N3/c1-14-4-6-15(7-5-14)12-3-2-10-8-13-9-11(10)12/h10-13H,2-9H2,1H3. The number of hydrogen-bond acceptors (Lipinski definition) is 3. The van der Waals surface area contributed by atoms with Crippen molar-refractivity contribution < 1.29 is 0 Å². The van der Waals surface area contributed by atoms with Gasteiger partial charge in [0, 0.05) is 32.2 Å². The molecule has 0 amide bonds. The van der Waals surface area contributed by atoms with E-state index in [2.05, 4.69) is 22.2 Å². The molecular formula is C12H23N3. The SMILES string of the molecule is CN1CCN(C2CCC3CNCC32)CC1. The van der Waals surface area contributed by atoms with Gasteiger partial charge in [0.05, 0.1) is 0 Å². The van der Waals surface area contributed by atoms with E-state index < -0.39 is 0 Å². The van der Waals surface area contributed by atoms with Gasteiger partial charge in [-0.25, -0.2) is 0 Å². The van der Waals surface area contributed by atoms with Gasteiger partial charge in [-0.05, 0) is 44.8 Å². The minimum absolute atomic E-state index is 0.902. The maximum Gasteiger partial charge on any atom is 0.0140 e. The Kier molecular flexibility index (Phi) is 2.71. The minimum Gasteiger partial charge on any atom is -0.316 e. The molecule has 0 bridgehead atoms. The van der Waals surface area contributed by atoms with Crippen LogP contribution >= 0.6 is 0 Å². The summed E-state index contributed by atoms with van der Waals surface area (Å²) in [5.41, 5.74) is 0. The summed E-state index contributed by atoms with van der Waals surface area (Å²) in [6, 6.07) is 0.902. The smallest absolute Gasteiger partial charge is 0.0140 e. The summed E-state index contributed by atoms with van der Waals surface area (Å²) in [5.74, 6) is 1.96. The molecule has 3 rings (SSSR count). The van der Waals surface area contributed by atoms with Crippen LogP contribution < -0.4 is 5.32 Å². The highest BCUT2D eigenvalue weighted by Gasteiger charge is 2.41. The summed E-state index contributed by atoms with van der Waals surface area (Å²) < 4.78 is 0. The molecule has 86 valence electrons. The topological polar surface area (TPSA) is 18.5 Å². The van der Waals surface area contributed by atoms with Gasteiger partial charge in [-0.3, -0.25) is 4.90 Å². The van der Waals surface area contributed by atoms with Crippen molar-refractivity contribution in [3.63, 3.8) is 0 Å². The van der Waals surface area contributed by atoms with Gasteiger partial charge in [0.1, 0.15) is 0 Å². The lowest BCUT2D eigenvalue weighted by molar-refractivity contribution is 0.0920. The first-order valence-electron chi connectivity index (χ1n) is 6.48. The van der Waals surface area contributed by atoms with Crippen molar-refractivity contribution in [1.82, 2.24) is 15.1 Å². The molecule has 3 aliphatic rings. The molecule has 1 aliphatic carbocycles. The van der Waals surface area contributed by atoms with E-state index in [9.17, 15) is 0 Å². The molecule has 0 spiro atoms. The molecule has 0 radical (unpaired) electrons. The average molecular weight is 209 g/mol. The Labute approximate surface area is 92.8 Å². The first kappa shape index (κ1) is 10.1. The van der Waals surface area contributed by atoms with Gasteiger partial charge in [0.2, 0.25) is 0 Å². The van der Waals surface area contributed by atoms with Gasteiger partial charge >= 0.3 is 0 Å². The predicted octanol–water partition coefficient (Wildman–Crippen LogP) is 0.232. The van der Waals surface area contributed by atoms with Crippen molar-refractivity contribution in [2.45, 2.75) is 18.9 Å². The van der Waals surface area contributed by atoms with Crippen LogP contribution in [0.5, 0.6) is 0 Å². The maximum absolute atomic E-state index is 3.57. The zero-order valence-corrected chi connectivity index (χ0v) is 9.78. The van der Waals surface area contributed by atoms with Gasteiger partial charge in [0.25, 0.3) is 0 Å². The highest BCUT2D eigenvalue weighted by molar-refractivity contribution is 4.97. The zero-order chi connectivity index (χ0) is 10.3. The largest absolute Gasteiger partial charge is 0.316 e. The monoisotopic (exact) mass is 209 g/mol. The van der Waals surface area contributed by atoms with E-state index >= 15 is 0 Å². The summed E-state index contributed by atoms with van der Waals surface area (Å²) in [7, 11) is 2.24. The number of rotatable bonds is 1. The second-order valence-corrected chi connectivity index (χ2v) is 5.57. The van der Waals surface area contributed by atoms with Crippen LogP contribution in [-0.4, -0.2) is 62.2 Å². The van der Waals surface area contributed by atoms with Crippen molar-refractivity contribution in [1.29, 1.82) is 0 Å². The van der Waals surface area contributed by atoms with Crippen molar-refractivity contribution in [2.75, 3.05) is 46.3 Å². The van der Waals surface area contributed by atoms with Crippen LogP contribution in [0.4, 0.5) is 0 Å². The lowest BCUT2D eigenvalue weighted by atomic mass is 9.96. The van der Waals surface area contributed by atoms with Crippen LogP contribution in [0.2, 0.25) is 0 Å². The van der Waals surface area contributed by atoms with E-state index in [0.717, 1.165) is 17.9 Å². The second kappa shape index (κ2) is 4.04. The van der Waals surface area contributed by atoms with Gasteiger partial charge < -0.3 is 10.2 Å². The molecule has 0 aromatic heterocycles. The normalized spacial score (nSPS) is 43.4. The highest BCUT2D eigenvalue weighted by Crippen LogP contribution is 2.37. The van der Waals surface area contributed by atoms with Crippen molar-refractivity contribution in [3.8, 4) is 0 Å². The van der Waals surface area contributed by atoms with E-state index in [0.29, 0.717) is 0 Å². The van der Waals surface area contributed by atoms with E-state index in [4.69, 9.17) is 0 Å². The fourth-order valence-electron chi connectivity index (χ4n) is 3.73. The molecule has 2 heterocycles. The van der Waals surface area contributed by atoms with E-state index in [1.807, 2.05) is 0 Å². The fourth-order valence-corrected chi connectivity index (χ4v) is 3.73. The van der Waals surface area contributed by atoms with Gasteiger partial charge in [-0.15, -0.1) is 0 Å². The maximum atomic E-state index is 3.57. The molecular weight excluding hydrogens is 186 g/mol. The molecule has 15 heavy (non-hydrogen) atoms. The van der Waals surface area contributed by atoms with E-state index in [1.165, 1.54) is 52.1 Å². The molecule has 2 saturated heterocycles. The third-order valence-corrected chi connectivity index (χ3v) is 4.73. The van der Waals surface area contributed by atoms with E-state index in [-0.39, 0.29) is 0 Å². The third kappa shape index (κ3) is 1.81. The molecule has 0 aromatic carbocycles. The number of hydrogen-bond donors (Lipinski definition) is 1. The van der Waals surface area contributed by atoms with Gasteiger partial charge in [-0.2, -0.15) is 0 Å². The van der Waals surface area contributed by atoms with Crippen LogP contribution in [0.25, 0.3) is 0 Å². The van der Waals surface area contributed by atoms with Crippen LogP contribution in [0, 0.1) is 11.8 Å². The second-order valence-electron chi connectivity index (χ2n) is 5.57. The first-order valence-corrected chi connectivity index (χ1v) is 6.48. The number of piperazine rings is 1. The van der Waals surface area contributed by atoms with Crippen LogP contribution in [-0.2, 0) is 0 Å². The number of likely N-dealkylation sites (N-methyl/N-ethyl adjacent to an activating group) is 1. The summed E-state index contributed by atoms with van der Waals surface area (Å²) in [6.45, 7) is 7.69. The van der Waals surface area contributed by atoms with E-state index in [1.54, 1.807) is 0 Å². The minimum atomic E-state index is 0.902. The Morgan fingerprint density at radius 1 is 1.00 bits per heavy atom. The summed E-state index contributed by atoms with van der Waals surface area (Å²) in [4.78, 5) is 5.22. The Hall–Kier alpha value is -0.120. The molecule has 2 aliphatic heterocycles. The summed E-state index contributed by atoms with van der Waals surface area (Å²) >= 11 is 0. The molecule has 3 atom stereocenters. The first-order chi connectivity index (χ1) is 7.34. The Morgan fingerprint density at radius 2 is 1.80 bits per heavy atom. The number of nitrogens with zero attached hydrogens (tertiary/aromatic N) is 2. The van der Waals surface area contributed by atoms with Crippen molar-refractivity contribution in [3.05, 3.63) is 0 Å². The quantitative estimate of drug-likeness (QED) is 0.667. The number of fused-ring (bicyclic) bond motifs is 1. The molecule has 1 saturated carbocycles. The summed E-state index contributed by atoms with van der Waals surface area (Å²) in [6.07, 6.45) is 2.93. The fraction of sp³-hybridized carbons (Fsp3) is 1.00. The Bertz CT molecular complexity index is 223. The van der Waals surface area contributed by atoms with Crippen molar-refractivity contribution >= 4 is 0 Å². The predicted molar refractivity (Wildman–Crippen MR) is 61.9 cm³/mol. The van der Waals surface area contributed by atoms with Gasteiger partial charge in [-0.1, -0.05) is 0 Å². The molecule has 3 nitrogen and oxygen atoms in total. The molecule has 3 unspecified atom stereocenters. The number of nitrogens with one attached hydrogen (secondary N) is 1. The third-order valence-electron chi connectivity index (χ3n) is 4.73. The Morgan fingerprint density at radius 3 is 2.60 bits per heavy atom. The average Bonchev–Trinajstić information content (AvgIpc) is 2.80. The van der Waals surface area contributed by atoms with Crippen LogP contribution in [0.1, 0.15) is 12.8 Å². The zero-order valence-electron chi connectivity index (χ0n) is 9.78. The Balaban J connectivity index is 1.62. The van der Waals surface area contributed by atoms with Gasteiger partial charge in [0.15, 0.2) is 0 Å². The lowest BCUT2D eigenvalue weighted by Gasteiger charge is -2.38. The van der Waals surface area contributed by atoms with Crippen LogP contribution in [0.15, 0.2) is 0 Å². The highest BCUT2D eigenvalue weighted by atomic mass is 15.3. The van der Waals surface area contributed by atoms with Crippen molar-refractivity contribution in [2.24, 2.45) is 11.8 Å². The summed E-state index contributed by atoms with van der Waals surface area (Å²) in [5, 5.41) is 3.57. The lowest BCUT2D eigenvalue weighted by Crippen LogP contribution is -2.50. The van der Waals surface area contributed by atoms with Crippen LogP contribution in [0.3, 0.4) is 0 Å². The molecule has 3 heteroatoms. The molecule has 3 fully saturated rings. The molecule has 1 N–H and O–H groups in total. The molecule has 0 aromatic rings.